The molecule has 0 bridgehead atoms. The van der Waals surface area contributed by atoms with E-state index in [1.165, 1.54) is 12.1 Å². The molecule has 0 amide bonds. The maximum atomic E-state index is 13.2. The van der Waals surface area contributed by atoms with Gasteiger partial charge in [-0.1, -0.05) is 18.2 Å². The Morgan fingerprint density at radius 1 is 1.20 bits per heavy atom. The van der Waals surface area contributed by atoms with Gasteiger partial charge in [0.15, 0.2) is 0 Å². The summed E-state index contributed by atoms with van der Waals surface area (Å²) in [4.78, 5) is 2.80. The first-order chi connectivity index (χ1) is 7.02. The van der Waals surface area contributed by atoms with Crippen molar-refractivity contribution < 1.29 is 17.1 Å². The smallest absolute Gasteiger partial charge is 0.176 e. The number of rotatable bonds is 1. The second kappa shape index (κ2) is 3.52. The molecule has 2 rings (SSSR count). The van der Waals surface area contributed by atoms with Gasteiger partial charge in [0.1, 0.15) is 0 Å². The van der Waals surface area contributed by atoms with Gasteiger partial charge in [0.2, 0.25) is 0 Å². The Morgan fingerprint density at radius 3 is 2.27 bits per heavy atom. The average molecular weight is 236 g/mol. The molecule has 1 nitrogen and oxygen atoms in total. The molecule has 0 N–H and O–H groups in total. The first-order valence-corrected chi connectivity index (χ1v) is 5.28. The van der Waals surface area contributed by atoms with E-state index in [9.17, 15) is 17.1 Å². The molecule has 0 saturated carbocycles. The van der Waals surface area contributed by atoms with Gasteiger partial charge < -0.3 is 0 Å². The topological polar surface area (TPSA) is 12.4 Å². The third-order valence-electron chi connectivity index (χ3n) is 1.91. The van der Waals surface area contributed by atoms with Crippen LogP contribution in [0.2, 0.25) is 0 Å². The monoisotopic (exact) mass is 236 g/mol. The summed E-state index contributed by atoms with van der Waals surface area (Å²) in [6.07, 6.45) is 0. The highest BCUT2D eigenvalue weighted by Crippen LogP contribution is 2.38. The standard InChI is InChI=1S/C9H6F4NS/c10-8-9(11,12)14-7(15(8)13)6-4-2-1-3-5-6/h1-5,8H/q+1. The summed E-state index contributed by atoms with van der Waals surface area (Å²) in [6.45, 7) is 0. The number of alkyl halides is 3. The quantitative estimate of drug-likeness (QED) is 0.404. The average Bonchev–Trinajstić information content (AvgIpc) is 2.44. The predicted octanol–water partition coefficient (Wildman–Crippen LogP) is 2.84. The lowest BCUT2D eigenvalue weighted by Crippen LogP contribution is -2.27. The van der Waals surface area contributed by atoms with Crippen LogP contribution in [0.4, 0.5) is 17.1 Å². The van der Waals surface area contributed by atoms with Gasteiger partial charge in [0, 0.05) is 3.89 Å². The van der Waals surface area contributed by atoms with Gasteiger partial charge in [-0.15, -0.1) is 0 Å². The fraction of sp³-hybridized carbons (Fsp3) is 0.222. The molecule has 1 aromatic rings. The molecule has 2 atom stereocenters. The van der Waals surface area contributed by atoms with Crippen molar-refractivity contribution in [3.05, 3.63) is 35.9 Å². The van der Waals surface area contributed by atoms with E-state index in [2.05, 4.69) is 4.99 Å². The summed E-state index contributed by atoms with van der Waals surface area (Å²) in [5, 5.41) is -0.492. The third-order valence-corrected chi connectivity index (χ3v) is 3.25. The Hall–Kier alpha value is -1.04. The van der Waals surface area contributed by atoms with E-state index in [0.29, 0.717) is 0 Å². The molecular weight excluding hydrogens is 230 g/mol. The number of aliphatic imine (C=N–C) groups is 1. The minimum Gasteiger partial charge on any atom is -0.176 e. The first kappa shape index (κ1) is 10.5. The van der Waals surface area contributed by atoms with Crippen molar-refractivity contribution in [3.8, 4) is 0 Å². The van der Waals surface area contributed by atoms with Crippen LogP contribution in [0.1, 0.15) is 5.56 Å². The maximum Gasteiger partial charge on any atom is 0.427 e. The molecule has 0 radical (unpaired) electrons. The predicted molar refractivity (Wildman–Crippen MR) is 51.3 cm³/mol. The zero-order chi connectivity index (χ0) is 11.1. The normalized spacial score (nSPS) is 28.9. The van der Waals surface area contributed by atoms with Crippen molar-refractivity contribution in [2.45, 2.75) is 11.6 Å². The highest BCUT2D eigenvalue weighted by molar-refractivity contribution is 8.08. The van der Waals surface area contributed by atoms with Gasteiger partial charge >= 0.3 is 22.8 Å². The van der Waals surface area contributed by atoms with Crippen molar-refractivity contribution >= 4 is 16.3 Å². The maximum absolute atomic E-state index is 13.2. The van der Waals surface area contributed by atoms with Crippen LogP contribution < -0.4 is 0 Å². The highest BCUT2D eigenvalue weighted by Gasteiger charge is 2.64. The lowest BCUT2D eigenvalue weighted by Gasteiger charge is -2.00. The fourth-order valence-corrected chi connectivity index (χ4v) is 2.28. The Bertz CT molecular complexity index is 392. The first-order valence-electron chi connectivity index (χ1n) is 4.09. The van der Waals surface area contributed by atoms with Crippen molar-refractivity contribution in [2.75, 3.05) is 0 Å². The lowest BCUT2D eigenvalue weighted by atomic mass is 10.2. The Balaban J connectivity index is 2.40. The molecule has 0 saturated heterocycles. The number of hydrogen-bond acceptors (Lipinski definition) is 1. The van der Waals surface area contributed by atoms with Crippen LogP contribution in [0.15, 0.2) is 35.3 Å². The largest absolute Gasteiger partial charge is 0.427 e. The van der Waals surface area contributed by atoms with E-state index in [1.807, 2.05) is 0 Å². The molecule has 1 aliphatic rings. The Labute approximate surface area is 86.5 Å². The zero-order valence-electron chi connectivity index (χ0n) is 7.33. The van der Waals surface area contributed by atoms with Crippen molar-refractivity contribution in [1.82, 2.24) is 0 Å². The van der Waals surface area contributed by atoms with E-state index in [4.69, 9.17) is 0 Å². The van der Waals surface area contributed by atoms with Crippen LogP contribution in [0.5, 0.6) is 0 Å². The number of halogens is 4. The highest BCUT2D eigenvalue weighted by atomic mass is 32.2. The zero-order valence-corrected chi connectivity index (χ0v) is 8.15. The van der Waals surface area contributed by atoms with E-state index in [0.717, 1.165) is 0 Å². The summed E-state index contributed by atoms with van der Waals surface area (Å²) < 4.78 is 51.5. The summed E-state index contributed by atoms with van der Waals surface area (Å²) in [6, 6.07) is 3.67. The second-order valence-electron chi connectivity index (χ2n) is 2.97. The summed E-state index contributed by atoms with van der Waals surface area (Å²) in [7, 11) is 0. The Morgan fingerprint density at radius 2 is 1.80 bits per heavy atom. The van der Waals surface area contributed by atoms with Crippen LogP contribution in [-0.2, 0) is 11.3 Å². The number of nitrogens with zero attached hydrogens (tertiary/aromatic N) is 1. The van der Waals surface area contributed by atoms with Gasteiger partial charge in [-0.3, -0.25) is 0 Å². The van der Waals surface area contributed by atoms with Gasteiger partial charge in [0.25, 0.3) is 5.04 Å². The molecule has 15 heavy (non-hydrogen) atoms. The molecule has 0 spiro atoms. The number of hydrogen-bond donors (Lipinski definition) is 0. The van der Waals surface area contributed by atoms with Crippen molar-refractivity contribution in [3.63, 3.8) is 0 Å². The molecule has 0 aliphatic carbocycles. The third kappa shape index (κ3) is 1.73. The van der Waals surface area contributed by atoms with Gasteiger partial charge in [-0.25, -0.2) is 0 Å². The van der Waals surface area contributed by atoms with E-state index >= 15 is 0 Å². The van der Waals surface area contributed by atoms with E-state index in [1.54, 1.807) is 18.2 Å². The minimum absolute atomic E-state index is 0.197. The molecule has 1 heterocycles. The van der Waals surface area contributed by atoms with Crippen LogP contribution in [-0.4, -0.2) is 16.6 Å². The van der Waals surface area contributed by atoms with E-state index < -0.39 is 27.9 Å². The van der Waals surface area contributed by atoms with E-state index in [-0.39, 0.29) is 5.56 Å². The molecule has 6 heteroatoms. The van der Waals surface area contributed by atoms with Crippen LogP contribution in [0, 0.1) is 0 Å². The van der Waals surface area contributed by atoms with Crippen molar-refractivity contribution in [2.24, 2.45) is 4.99 Å². The molecule has 80 valence electrons. The number of benzene rings is 1. The molecule has 1 aromatic carbocycles. The molecule has 0 aromatic heterocycles. The SMILES string of the molecule is FC1[S+](F)C(c2ccccc2)=NC1(F)F. The van der Waals surface area contributed by atoms with Crippen LogP contribution in [0.3, 0.4) is 0 Å². The van der Waals surface area contributed by atoms with Gasteiger partial charge in [0.05, 0.1) is 5.56 Å². The van der Waals surface area contributed by atoms with Gasteiger partial charge in [-0.2, -0.15) is 18.2 Å². The van der Waals surface area contributed by atoms with Gasteiger partial charge in [-0.05, 0) is 12.1 Å². The molecule has 0 fully saturated rings. The summed E-state index contributed by atoms with van der Waals surface area (Å²) >= 11 is -2.64. The second-order valence-corrected chi connectivity index (χ2v) is 4.34. The molecule has 2 unspecified atom stereocenters. The lowest BCUT2D eigenvalue weighted by molar-refractivity contribution is -0.0259. The Kier molecular flexibility index (Phi) is 2.46. The molecule has 1 aliphatic heterocycles. The van der Waals surface area contributed by atoms with Crippen molar-refractivity contribution in [1.29, 1.82) is 0 Å². The van der Waals surface area contributed by atoms with Crippen LogP contribution >= 0.6 is 0 Å². The van der Waals surface area contributed by atoms with Crippen LogP contribution in [0.25, 0.3) is 0 Å². The minimum atomic E-state index is -3.94. The summed E-state index contributed by atoms with van der Waals surface area (Å²) in [5.41, 5.74) is -2.66. The molecular formula is C9H6F4NS+. The summed E-state index contributed by atoms with van der Waals surface area (Å²) in [5.74, 6) is 0. The fourth-order valence-electron chi connectivity index (χ4n) is 1.21.